The van der Waals surface area contributed by atoms with E-state index in [2.05, 4.69) is 5.32 Å². The molecule has 1 aromatic rings. The summed E-state index contributed by atoms with van der Waals surface area (Å²) in [5, 5.41) is 12.7. The molecule has 2 fully saturated rings. The van der Waals surface area contributed by atoms with E-state index in [9.17, 15) is 19.5 Å². The number of urea groups is 1. The van der Waals surface area contributed by atoms with Crippen molar-refractivity contribution < 1.29 is 19.5 Å². The van der Waals surface area contributed by atoms with E-state index in [4.69, 9.17) is 0 Å². The molecule has 4 amide bonds. The first-order chi connectivity index (χ1) is 13.1. The average Bonchev–Trinajstić information content (AvgIpc) is 2.80. The summed E-state index contributed by atoms with van der Waals surface area (Å²) < 4.78 is 0. The van der Waals surface area contributed by atoms with Gasteiger partial charge in [-0.1, -0.05) is 46.1 Å². The Labute approximate surface area is 165 Å². The Bertz CT molecular complexity index is 806. The van der Waals surface area contributed by atoms with Crippen LogP contribution in [0.1, 0.15) is 58.4 Å². The van der Waals surface area contributed by atoms with Gasteiger partial charge >= 0.3 is 6.03 Å². The predicted octanol–water partition coefficient (Wildman–Crippen LogP) is 3.23. The number of rotatable bonds is 3. The van der Waals surface area contributed by atoms with Gasteiger partial charge in [-0.15, -0.1) is 0 Å². The topological polar surface area (TPSA) is 90.0 Å². The van der Waals surface area contributed by atoms with Crippen LogP contribution in [0.3, 0.4) is 0 Å². The fourth-order valence-electron chi connectivity index (χ4n) is 4.11. The van der Waals surface area contributed by atoms with Crippen molar-refractivity contribution in [3.8, 4) is 5.75 Å². The predicted molar refractivity (Wildman–Crippen MR) is 106 cm³/mol. The molecule has 1 aliphatic heterocycles. The maximum Gasteiger partial charge on any atom is 0.327 e. The third kappa shape index (κ3) is 3.45. The fraction of sp³-hybridized carbons (Fsp3) is 0.571. The number of hydrogen-bond donors (Lipinski definition) is 2. The third-order valence-corrected chi connectivity index (χ3v) is 5.92. The van der Waals surface area contributed by atoms with Crippen LogP contribution in [0.5, 0.6) is 5.75 Å². The van der Waals surface area contributed by atoms with E-state index in [-0.39, 0.29) is 29.3 Å². The molecule has 152 valence electrons. The molecule has 0 atom stereocenters. The number of amides is 4. The smallest absolute Gasteiger partial charge is 0.327 e. The van der Waals surface area contributed by atoms with Gasteiger partial charge in [-0.2, -0.15) is 0 Å². The number of anilines is 1. The number of phenols is 1. The molecule has 0 radical (unpaired) electrons. The van der Waals surface area contributed by atoms with Crippen molar-refractivity contribution >= 4 is 23.5 Å². The highest BCUT2D eigenvalue weighted by Crippen LogP contribution is 2.39. The number of carbonyl (C=O) groups excluding carboxylic acids is 3. The van der Waals surface area contributed by atoms with Crippen LogP contribution in [0.25, 0.3) is 0 Å². The maximum absolute atomic E-state index is 13.0. The molecule has 1 heterocycles. The van der Waals surface area contributed by atoms with Gasteiger partial charge in [0.05, 0.1) is 5.69 Å². The number of phenolic OH excluding ortho intramolecular Hbond substituents is 1. The molecule has 3 rings (SSSR count). The number of nitrogens with zero attached hydrogens (tertiary/aromatic N) is 2. The summed E-state index contributed by atoms with van der Waals surface area (Å²) in [7, 11) is 1.64. The molecule has 1 aromatic carbocycles. The number of aromatic hydroxyl groups is 1. The van der Waals surface area contributed by atoms with Crippen LogP contribution in [-0.2, 0) is 15.0 Å². The number of hydrogen-bond acceptors (Lipinski definition) is 4. The van der Waals surface area contributed by atoms with Gasteiger partial charge in [-0.25, -0.2) is 4.79 Å². The Balaban J connectivity index is 1.75. The molecule has 0 bridgehead atoms. The fourth-order valence-corrected chi connectivity index (χ4v) is 4.11. The SMILES string of the molecule is CN1C(=O)N(CC(=O)Nc2cc(C(C)(C)C)ccc2O)C(=O)C12CCCCC2. The minimum absolute atomic E-state index is 0.0544. The summed E-state index contributed by atoms with van der Waals surface area (Å²) in [6, 6.07) is 4.62. The van der Waals surface area contributed by atoms with E-state index in [1.807, 2.05) is 20.8 Å². The van der Waals surface area contributed by atoms with Crippen molar-refractivity contribution in [3.05, 3.63) is 23.8 Å². The number of imide groups is 1. The highest BCUT2D eigenvalue weighted by molar-refractivity contribution is 6.10. The zero-order chi connectivity index (χ0) is 20.7. The molecule has 28 heavy (non-hydrogen) atoms. The Morgan fingerprint density at radius 2 is 1.82 bits per heavy atom. The van der Waals surface area contributed by atoms with Crippen molar-refractivity contribution in [3.63, 3.8) is 0 Å². The first-order valence-electron chi connectivity index (χ1n) is 9.79. The van der Waals surface area contributed by atoms with E-state index < -0.39 is 17.5 Å². The zero-order valence-electron chi connectivity index (χ0n) is 17.0. The molecule has 0 unspecified atom stereocenters. The highest BCUT2D eigenvalue weighted by Gasteiger charge is 2.55. The number of benzene rings is 1. The van der Waals surface area contributed by atoms with Crippen LogP contribution in [0, 0.1) is 0 Å². The second-order valence-corrected chi connectivity index (χ2v) is 8.86. The number of likely N-dealkylation sites (N-methyl/N-ethyl adjacent to an activating group) is 1. The minimum atomic E-state index is -0.802. The lowest BCUT2D eigenvalue weighted by molar-refractivity contribution is -0.136. The largest absolute Gasteiger partial charge is 0.506 e. The van der Waals surface area contributed by atoms with Crippen LogP contribution in [0.15, 0.2) is 18.2 Å². The van der Waals surface area contributed by atoms with E-state index in [1.54, 1.807) is 19.2 Å². The molecule has 1 aliphatic carbocycles. The Morgan fingerprint density at radius 1 is 1.18 bits per heavy atom. The average molecular weight is 387 g/mol. The first-order valence-corrected chi connectivity index (χ1v) is 9.79. The molecule has 1 spiro atoms. The monoisotopic (exact) mass is 387 g/mol. The maximum atomic E-state index is 13.0. The number of nitrogens with one attached hydrogen (secondary N) is 1. The van der Waals surface area contributed by atoms with Gasteiger partial charge in [-0.05, 0) is 36.0 Å². The zero-order valence-corrected chi connectivity index (χ0v) is 17.0. The molecule has 0 aromatic heterocycles. The van der Waals surface area contributed by atoms with E-state index in [0.717, 1.165) is 29.7 Å². The summed E-state index contributed by atoms with van der Waals surface area (Å²) >= 11 is 0. The van der Waals surface area contributed by atoms with Crippen molar-refractivity contribution in [1.82, 2.24) is 9.80 Å². The van der Waals surface area contributed by atoms with Crippen molar-refractivity contribution in [1.29, 1.82) is 0 Å². The molecule has 7 heteroatoms. The number of carbonyl (C=O) groups is 3. The quantitative estimate of drug-likeness (QED) is 0.615. The van der Waals surface area contributed by atoms with Gasteiger partial charge in [0.1, 0.15) is 17.8 Å². The molecular formula is C21H29N3O4. The molecule has 2 N–H and O–H groups in total. The minimum Gasteiger partial charge on any atom is -0.506 e. The van der Waals surface area contributed by atoms with Gasteiger partial charge in [0.2, 0.25) is 5.91 Å². The summed E-state index contributed by atoms with van der Waals surface area (Å²) in [5.41, 5.74) is 0.278. The van der Waals surface area contributed by atoms with Gasteiger partial charge in [0.25, 0.3) is 5.91 Å². The molecule has 2 aliphatic rings. The van der Waals surface area contributed by atoms with Crippen LogP contribution in [0.2, 0.25) is 0 Å². The molecule has 1 saturated carbocycles. The van der Waals surface area contributed by atoms with Crippen LogP contribution >= 0.6 is 0 Å². The first kappa shape index (κ1) is 20.2. The van der Waals surface area contributed by atoms with E-state index >= 15 is 0 Å². The third-order valence-electron chi connectivity index (χ3n) is 5.92. The molecular weight excluding hydrogens is 358 g/mol. The van der Waals surface area contributed by atoms with Crippen molar-refractivity contribution in [2.24, 2.45) is 0 Å². The summed E-state index contributed by atoms with van der Waals surface area (Å²) in [4.78, 5) is 40.7. The standard InChI is InChI=1S/C21H29N3O4/c1-20(2,3)14-8-9-16(25)15(12-14)22-17(26)13-24-18(27)21(23(4)19(24)28)10-6-5-7-11-21/h8-9,12,25H,5-7,10-11,13H2,1-4H3,(H,22,26). The van der Waals surface area contributed by atoms with E-state index in [0.29, 0.717) is 12.8 Å². The van der Waals surface area contributed by atoms with Crippen LogP contribution in [0.4, 0.5) is 10.5 Å². The second kappa shape index (κ2) is 7.11. The Hall–Kier alpha value is -2.57. The van der Waals surface area contributed by atoms with Gasteiger partial charge in [0.15, 0.2) is 0 Å². The lowest BCUT2D eigenvalue weighted by Crippen LogP contribution is -2.49. The van der Waals surface area contributed by atoms with Crippen molar-refractivity contribution in [2.75, 3.05) is 18.9 Å². The van der Waals surface area contributed by atoms with Crippen LogP contribution < -0.4 is 5.32 Å². The van der Waals surface area contributed by atoms with E-state index in [1.165, 1.54) is 11.0 Å². The van der Waals surface area contributed by atoms with Gasteiger partial charge < -0.3 is 15.3 Å². The van der Waals surface area contributed by atoms with Gasteiger partial charge in [0, 0.05) is 7.05 Å². The molecule has 7 nitrogen and oxygen atoms in total. The highest BCUT2D eigenvalue weighted by atomic mass is 16.3. The summed E-state index contributed by atoms with van der Waals surface area (Å²) in [5.74, 6) is -0.854. The van der Waals surface area contributed by atoms with Crippen molar-refractivity contribution in [2.45, 2.75) is 63.8 Å². The summed E-state index contributed by atoms with van der Waals surface area (Å²) in [6.07, 6.45) is 4.13. The van der Waals surface area contributed by atoms with Gasteiger partial charge in [-0.3, -0.25) is 14.5 Å². The summed E-state index contributed by atoms with van der Waals surface area (Å²) in [6.45, 7) is 5.74. The lowest BCUT2D eigenvalue weighted by Gasteiger charge is -2.35. The second-order valence-electron chi connectivity index (χ2n) is 8.86. The normalized spacial score (nSPS) is 19.4. The Morgan fingerprint density at radius 3 is 2.43 bits per heavy atom. The van der Waals surface area contributed by atoms with Crippen LogP contribution in [-0.4, -0.2) is 51.9 Å². The Kier molecular flexibility index (Phi) is 5.12. The lowest BCUT2D eigenvalue weighted by atomic mass is 9.81. The molecule has 1 saturated heterocycles.